The van der Waals surface area contributed by atoms with E-state index in [1.807, 2.05) is 42.5 Å². The van der Waals surface area contributed by atoms with Gasteiger partial charge in [0, 0.05) is 18.7 Å². The summed E-state index contributed by atoms with van der Waals surface area (Å²) in [5.41, 5.74) is 1.56. The Kier molecular flexibility index (Phi) is 3.89. The molecule has 0 atom stereocenters. The van der Waals surface area contributed by atoms with E-state index in [9.17, 15) is 9.59 Å². The summed E-state index contributed by atoms with van der Waals surface area (Å²) < 4.78 is 6.99. The lowest BCUT2D eigenvalue weighted by molar-refractivity contribution is 0.0735. The van der Waals surface area contributed by atoms with Crippen molar-refractivity contribution in [3.8, 4) is 17.0 Å². The first-order valence-corrected chi connectivity index (χ1v) is 8.18. The lowest BCUT2D eigenvalue weighted by atomic mass is 10.1. The molecule has 128 valence electrons. The van der Waals surface area contributed by atoms with Crippen LogP contribution >= 0.6 is 0 Å². The molecule has 0 aliphatic rings. The summed E-state index contributed by atoms with van der Waals surface area (Å²) in [6, 6.07) is 21.9. The summed E-state index contributed by atoms with van der Waals surface area (Å²) in [7, 11) is 1.63. The van der Waals surface area contributed by atoms with Gasteiger partial charge < -0.3 is 4.74 Å². The van der Waals surface area contributed by atoms with E-state index < -0.39 is 5.97 Å². The number of para-hydroxylation sites is 1. The van der Waals surface area contributed by atoms with Crippen molar-refractivity contribution < 1.29 is 9.53 Å². The Morgan fingerprint density at radius 2 is 1.65 bits per heavy atom. The average Bonchev–Trinajstić information content (AvgIpc) is 3.00. The van der Waals surface area contributed by atoms with E-state index in [1.165, 1.54) is 10.7 Å². The van der Waals surface area contributed by atoms with Gasteiger partial charge >= 0.3 is 5.97 Å². The maximum Gasteiger partial charge on any atom is 0.343 e. The Labute approximate surface area is 149 Å². The second kappa shape index (κ2) is 6.37. The third kappa shape index (κ3) is 2.91. The molecule has 0 unspecified atom stereocenters. The quantitative estimate of drug-likeness (QED) is 0.455. The SMILES string of the molecule is Cn1[nH]c(-c2ccccc2OC(=O)c2ccc3ccccc3c2)cc1=O. The van der Waals surface area contributed by atoms with Crippen LogP contribution in [0.4, 0.5) is 0 Å². The van der Waals surface area contributed by atoms with Gasteiger partial charge in [-0.1, -0.05) is 42.5 Å². The first-order valence-electron chi connectivity index (χ1n) is 8.18. The number of aryl methyl sites for hydroxylation is 1. The molecule has 0 saturated carbocycles. The molecule has 0 aliphatic heterocycles. The largest absolute Gasteiger partial charge is 0.422 e. The van der Waals surface area contributed by atoms with Crippen LogP contribution in [0.15, 0.2) is 77.6 Å². The van der Waals surface area contributed by atoms with Gasteiger partial charge in [-0.2, -0.15) is 0 Å². The highest BCUT2D eigenvalue weighted by Crippen LogP contribution is 2.28. The van der Waals surface area contributed by atoms with Gasteiger partial charge in [0.05, 0.1) is 11.3 Å². The number of rotatable bonds is 3. The van der Waals surface area contributed by atoms with Crippen molar-refractivity contribution in [1.82, 2.24) is 9.78 Å². The van der Waals surface area contributed by atoms with E-state index in [4.69, 9.17) is 4.74 Å². The molecule has 0 fully saturated rings. The highest BCUT2D eigenvalue weighted by Gasteiger charge is 2.14. The molecule has 26 heavy (non-hydrogen) atoms. The molecule has 1 N–H and O–H groups in total. The van der Waals surface area contributed by atoms with E-state index in [2.05, 4.69) is 5.10 Å². The lowest BCUT2D eigenvalue weighted by Gasteiger charge is -2.09. The monoisotopic (exact) mass is 344 g/mol. The molecular formula is C21H16N2O3. The standard InChI is InChI=1S/C21H16N2O3/c1-23-20(24)13-18(22-23)17-8-4-5-9-19(17)26-21(25)16-11-10-14-6-2-3-7-15(14)12-16/h2-13,22H,1H3. The predicted molar refractivity (Wildman–Crippen MR) is 100 cm³/mol. The van der Waals surface area contributed by atoms with Gasteiger partial charge in [-0.3, -0.25) is 14.6 Å². The fourth-order valence-electron chi connectivity index (χ4n) is 2.88. The molecule has 3 aromatic carbocycles. The van der Waals surface area contributed by atoms with Gasteiger partial charge in [0.15, 0.2) is 0 Å². The second-order valence-corrected chi connectivity index (χ2v) is 6.01. The number of aromatic amines is 1. The maximum absolute atomic E-state index is 12.6. The van der Waals surface area contributed by atoms with Crippen LogP contribution in [0, 0.1) is 0 Å². The van der Waals surface area contributed by atoms with Crippen LogP contribution in [0.2, 0.25) is 0 Å². The highest BCUT2D eigenvalue weighted by atomic mass is 16.5. The number of carbonyl (C=O) groups excluding carboxylic acids is 1. The maximum atomic E-state index is 12.6. The number of benzene rings is 3. The van der Waals surface area contributed by atoms with Crippen LogP contribution in [0.5, 0.6) is 5.75 Å². The van der Waals surface area contributed by atoms with Crippen molar-refractivity contribution in [1.29, 1.82) is 0 Å². The van der Waals surface area contributed by atoms with Crippen molar-refractivity contribution >= 4 is 16.7 Å². The van der Waals surface area contributed by atoms with Crippen molar-refractivity contribution in [3.63, 3.8) is 0 Å². The Balaban J connectivity index is 1.68. The van der Waals surface area contributed by atoms with E-state index in [0.717, 1.165) is 10.8 Å². The molecule has 1 aromatic heterocycles. The average molecular weight is 344 g/mol. The number of ether oxygens (including phenoxy) is 1. The Morgan fingerprint density at radius 3 is 2.42 bits per heavy atom. The molecule has 0 aliphatic carbocycles. The number of esters is 1. The molecule has 4 rings (SSSR count). The number of aromatic nitrogens is 2. The minimum absolute atomic E-state index is 0.157. The fourth-order valence-corrected chi connectivity index (χ4v) is 2.88. The van der Waals surface area contributed by atoms with Crippen LogP contribution in [0.3, 0.4) is 0 Å². The number of H-pyrrole nitrogens is 1. The van der Waals surface area contributed by atoms with Gasteiger partial charge in [0.2, 0.25) is 0 Å². The Hall–Kier alpha value is -3.60. The molecule has 1 heterocycles. The minimum atomic E-state index is -0.443. The topological polar surface area (TPSA) is 64.1 Å². The number of hydrogen-bond acceptors (Lipinski definition) is 3. The summed E-state index contributed by atoms with van der Waals surface area (Å²) in [6.07, 6.45) is 0. The van der Waals surface area contributed by atoms with E-state index in [-0.39, 0.29) is 5.56 Å². The third-order valence-corrected chi connectivity index (χ3v) is 4.25. The smallest absolute Gasteiger partial charge is 0.343 e. The number of hydrogen-bond donors (Lipinski definition) is 1. The first-order chi connectivity index (χ1) is 12.6. The van der Waals surface area contributed by atoms with Crippen molar-refractivity contribution in [3.05, 3.63) is 88.7 Å². The summed E-state index contributed by atoms with van der Waals surface area (Å²) >= 11 is 0. The molecular weight excluding hydrogens is 328 g/mol. The van der Waals surface area contributed by atoms with Gasteiger partial charge in [-0.05, 0) is 35.0 Å². The zero-order chi connectivity index (χ0) is 18.1. The Morgan fingerprint density at radius 1 is 0.923 bits per heavy atom. The summed E-state index contributed by atoms with van der Waals surface area (Å²) in [5.74, 6) is -0.0472. The van der Waals surface area contributed by atoms with E-state index >= 15 is 0 Å². The van der Waals surface area contributed by atoms with Crippen molar-refractivity contribution in [2.45, 2.75) is 0 Å². The molecule has 0 spiro atoms. The van der Waals surface area contributed by atoms with Crippen molar-refractivity contribution in [2.75, 3.05) is 0 Å². The molecule has 0 saturated heterocycles. The normalized spacial score (nSPS) is 10.8. The van der Waals surface area contributed by atoms with Crippen LogP contribution in [-0.2, 0) is 7.05 Å². The minimum Gasteiger partial charge on any atom is -0.422 e. The van der Waals surface area contributed by atoms with Crippen LogP contribution in [-0.4, -0.2) is 15.7 Å². The predicted octanol–water partition coefficient (Wildman–Crippen LogP) is 3.75. The fraction of sp³-hybridized carbons (Fsp3) is 0.0476. The van der Waals surface area contributed by atoms with Gasteiger partial charge in [0.25, 0.3) is 5.56 Å². The van der Waals surface area contributed by atoms with Crippen LogP contribution in [0.25, 0.3) is 22.0 Å². The Bertz CT molecular complexity index is 1170. The van der Waals surface area contributed by atoms with Gasteiger partial charge in [-0.15, -0.1) is 0 Å². The number of nitrogens with one attached hydrogen (secondary N) is 1. The zero-order valence-corrected chi connectivity index (χ0v) is 14.1. The van der Waals surface area contributed by atoms with E-state index in [1.54, 1.807) is 31.3 Å². The van der Waals surface area contributed by atoms with Crippen molar-refractivity contribution in [2.24, 2.45) is 7.05 Å². The summed E-state index contributed by atoms with van der Waals surface area (Å²) in [6.45, 7) is 0. The number of carbonyl (C=O) groups is 1. The highest BCUT2D eigenvalue weighted by molar-refractivity contribution is 5.97. The molecule has 0 bridgehead atoms. The number of nitrogens with zero attached hydrogens (tertiary/aromatic N) is 1. The third-order valence-electron chi connectivity index (χ3n) is 4.25. The van der Waals surface area contributed by atoms with Gasteiger partial charge in [-0.25, -0.2) is 4.79 Å². The van der Waals surface area contributed by atoms with Gasteiger partial charge in [0.1, 0.15) is 5.75 Å². The second-order valence-electron chi connectivity index (χ2n) is 6.01. The summed E-state index contributed by atoms with van der Waals surface area (Å²) in [4.78, 5) is 24.3. The van der Waals surface area contributed by atoms with E-state index in [0.29, 0.717) is 22.6 Å². The molecule has 5 heteroatoms. The number of fused-ring (bicyclic) bond motifs is 1. The molecule has 0 radical (unpaired) electrons. The summed E-state index contributed by atoms with van der Waals surface area (Å²) in [5, 5.41) is 4.99. The molecule has 5 nitrogen and oxygen atoms in total. The molecule has 0 amide bonds. The van der Waals surface area contributed by atoms with Crippen LogP contribution in [0.1, 0.15) is 10.4 Å². The lowest BCUT2D eigenvalue weighted by Crippen LogP contribution is -2.10. The molecule has 4 aromatic rings. The van der Waals surface area contributed by atoms with Crippen LogP contribution < -0.4 is 10.3 Å². The zero-order valence-electron chi connectivity index (χ0n) is 14.1. The first kappa shape index (κ1) is 15.9.